The molecule has 7 nitrogen and oxygen atoms in total. The van der Waals surface area contributed by atoms with Crippen LogP contribution in [-0.4, -0.2) is 18.6 Å². The normalized spacial score (nSPS) is 11.3. The van der Waals surface area contributed by atoms with E-state index in [-0.39, 0.29) is 16.0 Å². The number of nitrogens with zero attached hydrogens (tertiary/aromatic N) is 1. The lowest BCUT2D eigenvalue weighted by atomic mass is 10.3. The van der Waals surface area contributed by atoms with Crippen LogP contribution in [0.15, 0.2) is 38.4 Å². The van der Waals surface area contributed by atoms with Gasteiger partial charge in [-0.05, 0) is 34.1 Å². The van der Waals surface area contributed by atoms with Gasteiger partial charge in [-0.15, -0.1) is 0 Å². The maximum absolute atomic E-state index is 13.7. The molecule has 1 heterocycles. The lowest BCUT2D eigenvalue weighted by molar-refractivity contribution is 0.570. The van der Waals surface area contributed by atoms with Crippen molar-refractivity contribution in [1.29, 1.82) is 0 Å². The van der Waals surface area contributed by atoms with Gasteiger partial charge in [0.1, 0.15) is 10.7 Å². The molecule has 106 valence electrons. The van der Waals surface area contributed by atoms with Gasteiger partial charge in [0, 0.05) is 16.2 Å². The number of rotatable bonds is 3. The van der Waals surface area contributed by atoms with Gasteiger partial charge >= 0.3 is 0 Å². The van der Waals surface area contributed by atoms with Crippen molar-refractivity contribution >= 4 is 37.5 Å². The summed E-state index contributed by atoms with van der Waals surface area (Å²) in [5.41, 5.74) is 5.11. The Kier molecular flexibility index (Phi) is 3.77. The number of aromatic nitrogens is 2. The first-order valence-electron chi connectivity index (χ1n) is 5.12. The minimum absolute atomic E-state index is 0.0706. The van der Waals surface area contributed by atoms with E-state index in [2.05, 4.69) is 26.1 Å². The van der Waals surface area contributed by atoms with Crippen molar-refractivity contribution in [3.8, 4) is 0 Å². The van der Waals surface area contributed by atoms with Gasteiger partial charge in [-0.2, -0.15) is 5.10 Å². The zero-order chi connectivity index (χ0) is 14.9. The predicted octanol–water partition coefficient (Wildman–Crippen LogP) is 1.05. The van der Waals surface area contributed by atoms with Gasteiger partial charge < -0.3 is 5.73 Å². The number of nitrogen functional groups attached to an aromatic ring is 1. The van der Waals surface area contributed by atoms with Crippen molar-refractivity contribution in [3.05, 3.63) is 44.9 Å². The summed E-state index contributed by atoms with van der Waals surface area (Å²) < 4.78 is 40.0. The second-order valence-corrected chi connectivity index (χ2v) is 6.22. The van der Waals surface area contributed by atoms with E-state index < -0.39 is 26.3 Å². The third-order valence-corrected chi connectivity index (χ3v) is 4.32. The van der Waals surface area contributed by atoms with Crippen LogP contribution in [0.5, 0.6) is 0 Å². The Morgan fingerprint density at radius 1 is 1.35 bits per heavy atom. The third-order valence-electron chi connectivity index (χ3n) is 2.26. The molecule has 10 heteroatoms. The minimum atomic E-state index is -4.21. The molecule has 0 unspecified atom stereocenters. The summed E-state index contributed by atoms with van der Waals surface area (Å²) in [7, 11) is -4.21. The molecular formula is C10H8BrFN4O3S. The Bertz CT molecular complexity index is 801. The summed E-state index contributed by atoms with van der Waals surface area (Å²) >= 11 is 2.99. The zero-order valence-electron chi connectivity index (χ0n) is 9.72. The minimum Gasteiger partial charge on any atom is -0.398 e. The van der Waals surface area contributed by atoms with Crippen LogP contribution in [0.4, 0.5) is 15.9 Å². The molecule has 0 fully saturated rings. The molecule has 0 radical (unpaired) electrons. The topological polar surface area (TPSA) is 118 Å². The Balaban J connectivity index is 2.43. The SMILES string of the molecule is Nc1cc(S(=O)(=O)Nc2ccc(=O)[nH]n2)c(F)cc1Br. The Morgan fingerprint density at radius 2 is 2.05 bits per heavy atom. The standard InChI is InChI=1S/C10H8BrFN4O3S/c11-5-3-6(12)8(4-7(5)13)20(18,19)16-9-1-2-10(17)15-14-9/h1-4H,13H2,(H,14,16)(H,15,17). The monoisotopic (exact) mass is 362 g/mol. The highest BCUT2D eigenvalue weighted by Crippen LogP contribution is 2.26. The van der Waals surface area contributed by atoms with Gasteiger partial charge in [0.15, 0.2) is 5.82 Å². The van der Waals surface area contributed by atoms with E-state index in [9.17, 15) is 17.6 Å². The van der Waals surface area contributed by atoms with E-state index in [1.165, 1.54) is 0 Å². The Labute approximate surface area is 121 Å². The number of hydrogen-bond acceptors (Lipinski definition) is 5. The first kappa shape index (κ1) is 14.5. The van der Waals surface area contributed by atoms with E-state index in [1.54, 1.807) is 0 Å². The summed E-state index contributed by atoms with van der Waals surface area (Å²) in [6.07, 6.45) is 0. The average Bonchev–Trinajstić information content (AvgIpc) is 2.36. The molecule has 1 aromatic heterocycles. The number of benzene rings is 1. The number of aromatic amines is 1. The zero-order valence-corrected chi connectivity index (χ0v) is 12.1. The third kappa shape index (κ3) is 2.96. The van der Waals surface area contributed by atoms with Gasteiger partial charge in [-0.3, -0.25) is 9.52 Å². The summed E-state index contributed by atoms with van der Waals surface area (Å²) in [6, 6.07) is 4.16. The molecule has 0 amide bonds. The molecule has 4 N–H and O–H groups in total. The predicted molar refractivity (Wildman–Crippen MR) is 74.2 cm³/mol. The summed E-state index contributed by atoms with van der Waals surface area (Å²) in [4.78, 5) is 10.2. The van der Waals surface area contributed by atoms with Crippen LogP contribution in [0.2, 0.25) is 0 Å². The van der Waals surface area contributed by atoms with Crippen LogP contribution >= 0.6 is 15.9 Å². The molecule has 20 heavy (non-hydrogen) atoms. The second kappa shape index (κ2) is 5.21. The molecule has 0 atom stereocenters. The molecule has 0 spiro atoms. The summed E-state index contributed by atoms with van der Waals surface area (Å²) in [5.74, 6) is -1.12. The van der Waals surface area contributed by atoms with Gasteiger partial charge in [-0.25, -0.2) is 17.9 Å². The smallest absolute Gasteiger partial charge is 0.266 e. The molecule has 0 aliphatic heterocycles. The Morgan fingerprint density at radius 3 is 2.65 bits per heavy atom. The molecule has 0 bridgehead atoms. The molecule has 0 saturated heterocycles. The van der Waals surface area contributed by atoms with E-state index in [4.69, 9.17) is 5.73 Å². The number of nitrogens with one attached hydrogen (secondary N) is 2. The highest BCUT2D eigenvalue weighted by molar-refractivity contribution is 9.10. The fourth-order valence-electron chi connectivity index (χ4n) is 1.34. The first-order chi connectivity index (χ1) is 9.29. The molecule has 0 aliphatic rings. The number of H-pyrrole nitrogens is 1. The van der Waals surface area contributed by atoms with Crippen molar-refractivity contribution in [1.82, 2.24) is 10.2 Å². The van der Waals surface area contributed by atoms with Gasteiger partial charge in [-0.1, -0.05) is 0 Å². The van der Waals surface area contributed by atoms with Crippen LogP contribution < -0.4 is 16.0 Å². The molecule has 2 rings (SSSR count). The van der Waals surface area contributed by atoms with Crippen molar-refractivity contribution < 1.29 is 12.8 Å². The number of halogens is 2. The lowest BCUT2D eigenvalue weighted by Gasteiger charge is -2.09. The highest BCUT2D eigenvalue weighted by atomic mass is 79.9. The van der Waals surface area contributed by atoms with Crippen molar-refractivity contribution in [3.63, 3.8) is 0 Å². The number of anilines is 2. The maximum atomic E-state index is 13.7. The molecule has 1 aromatic carbocycles. The summed E-state index contributed by atoms with van der Waals surface area (Å²) in [5, 5.41) is 5.52. The lowest BCUT2D eigenvalue weighted by Crippen LogP contribution is -2.17. The van der Waals surface area contributed by atoms with Gasteiger partial charge in [0.05, 0.1) is 0 Å². The first-order valence-corrected chi connectivity index (χ1v) is 7.40. The van der Waals surface area contributed by atoms with Crippen molar-refractivity contribution in [2.45, 2.75) is 4.90 Å². The van der Waals surface area contributed by atoms with Crippen LogP contribution in [0.25, 0.3) is 0 Å². The highest BCUT2D eigenvalue weighted by Gasteiger charge is 2.21. The van der Waals surface area contributed by atoms with Crippen LogP contribution in [0.1, 0.15) is 0 Å². The number of sulfonamides is 1. The fraction of sp³-hybridized carbons (Fsp3) is 0. The second-order valence-electron chi connectivity index (χ2n) is 3.72. The van der Waals surface area contributed by atoms with Crippen LogP contribution in [0.3, 0.4) is 0 Å². The van der Waals surface area contributed by atoms with Gasteiger partial charge in [0.2, 0.25) is 0 Å². The Hall–Kier alpha value is -1.94. The molecule has 2 aromatic rings. The van der Waals surface area contributed by atoms with Crippen molar-refractivity contribution in [2.75, 3.05) is 10.5 Å². The quantitative estimate of drug-likeness (QED) is 0.705. The van der Waals surface area contributed by atoms with Crippen molar-refractivity contribution in [2.24, 2.45) is 0 Å². The molecule has 0 aliphatic carbocycles. The van der Waals surface area contributed by atoms with E-state index in [1.807, 2.05) is 4.72 Å². The molecule has 0 saturated carbocycles. The van der Waals surface area contributed by atoms with Crippen LogP contribution in [0, 0.1) is 5.82 Å². The van der Waals surface area contributed by atoms with E-state index >= 15 is 0 Å². The number of nitrogens with two attached hydrogens (primary N) is 1. The largest absolute Gasteiger partial charge is 0.398 e. The van der Waals surface area contributed by atoms with Crippen LogP contribution in [-0.2, 0) is 10.0 Å². The van der Waals surface area contributed by atoms with E-state index in [0.717, 1.165) is 24.3 Å². The summed E-state index contributed by atoms with van der Waals surface area (Å²) in [6.45, 7) is 0. The van der Waals surface area contributed by atoms with Gasteiger partial charge in [0.25, 0.3) is 15.6 Å². The average molecular weight is 363 g/mol. The molecular weight excluding hydrogens is 355 g/mol. The number of hydrogen-bond donors (Lipinski definition) is 3. The van der Waals surface area contributed by atoms with E-state index in [0.29, 0.717) is 0 Å². The fourth-order valence-corrected chi connectivity index (χ4v) is 2.76. The maximum Gasteiger partial charge on any atom is 0.266 e.